The quantitative estimate of drug-likeness (QED) is 0.681. The SMILES string of the molecule is CC(=O)NC(C)C(=O)NNC(=O)CC12CC3CC(CC(C3)C1)C2. The zero-order valence-electron chi connectivity index (χ0n) is 14.0. The van der Waals surface area contributed by atoms with Gasteiger partial charge in [0.05, 0.1) is 0 Å². The maximum absolute atomic E-state index is 12.3. The van der Waals surface area contributed by atoms with Crippen LogP contribution in [-0.4, -0.2) is 23.8 Å². The van der Waals surface area contributed by atoms with Gasteiger partial charge in [0, 0.05) is 13.3 Å². The van der Waals surface area contributed by atoms with Crippen LogP contribution in [0.2, 0.25) is 0 Å². The predicted molar refractivity (Wildman–Crippen MR) is 84.8 cm³/mol. The fourth-order valence-electron chi connectivity index (χ4n) is 5.50. The van der Waals surface area contributed by atoms with Crippen molar-refractivity contribution in [1.29, 1.82) is 0 Å². The Balaban J connectivity index is 1.48. The lowest BCUT2D eigenvalue weighted by Crippen LogP contribution is -2.53. The highest BCUT2D eigenvalue weighted by Crippen LogP contribution is 2.61. The van der Waals surface area contributed by atoms with E-state index in [1.54, 1.807) is 6.92 Å². The predicted octanol–water partition coefficient (Wildman–Crippen LogP) is 1.26. The molecule has 0 aliphatic heterocycles. The van der Waals surface area contributed by atoms with Gasteiger partial charge in [0.15, 0.2) is 0 Å². The van der Waals surface area contributed by atoms with Crippen LogP contribution in [0.4, 0.5) is 0 Å². The molecule has 0 saturated heterocycles. The molecule has 0 aromatic rings. The first kappa shape index (κ1) is 16.3. The number of carbonyl (C=O) groups excluding carboxylic acids is 3. The van der Waals surface area contributed by atoms with Crippen LogP contribution >= 0.6 is 0 Å². The summed E-state index contributed by atoms with van der Waals surface area (Å²) >= 11 is 0. The number of rotatable bonds is 4. The van der Waals surface area contributed by atoms with Crippen molar-refractivity contribution in [2.75, 3.05) is 0 Å². The average molecular weight is 321 g/mol. The van der Waals surface area contributed by atoms with Gasteiger partial charge in [0.2, 0.25) is 11.8 Å². The summed E-state index contributed by atoms with van der Waals surface area (Å²) in [4.78, 5) is 35.0. The number of nitrogens with one attached hydrogen (secondary N) is 3. The molecule has 128 valence electrons. The first-order valence-corrected chi connectivity index (χ1v) is 8.71. The molecule has 6 nitrogen and oxygen atoms in total. The molecule has 0 heterocycles. The van der Waals surface area contributed by atoms with E-state index < -0.39 is 11.9 Å². The van der Waals surface area contributed by atoms with Gasteiger partial charge >= 0.3 is 0 Å². The van der Waals surface area contributed by atoms with Gasteiger partial charge in [-0.1, -0.05) is 0 Å². The van der Waals surface area contributed by atoms with Crippen molar-refractivity contribution in [1.82, 2.24) is 16.2 Å². The maximum Gasteiger partial charge on any atom is 0.260 e. The number of carbonyl (C=O) groups is 3. The first-order chi connectivity index (χ1) is 10.8. The standard InChI is InChI=1S/C17H27N3O3/c1-10(18-11(2)21)16(23)20-19-15(22)9-17-6-12-3-13(7-17)5-14(4-12)8-17/h10,12-14H,3-9H2,1-2H3,(H,18,21)(H,19,22)(H,20,23). The molecule has 1 unspecified atom stereocenters. The zero-order valence-corrected chi connectivity index (χ0v) is 14.0. The molecule has 6 heteroatoms. The smallest absolute Gasteiger partial charge is 0.260 e. The van der Waals surface area contributed by atoms with Crippen LogP contribution in [0.3, 0.4) is 0 Å². The minimum absolute atomic E-state index is 0.115. The number of hydrogen-bond donors (Lipinski definition) is 3. The maximum atomic E-state index is 12.3. The summed E-state index contributed by atoms with van der Waals surface area (Å²) < 4.78 is 0. The van der Waals surface area contributed by atoms with Crippen LogP contribution in [-0.2, 0) is 14.4 Å². The van der Waals surface area contributed by atoms with Gasteiger partial charge in [-0.15, -0.1) is 0 Å². The van der Waals surface area contributed by atoms with Crippen LogP contribution < -0.4 is 16.2 Å². The topological polar surface area (TPSA) is 87.3 Å². The van der Waals surface area contributed by atoms with Gasteiger partial charge in [0.1, 0.15) is 6.04 Å². The van der Waals surface area contributed by atoms with Crippen molar-refractivity contribution >= 4 is 17.7 Å². The molecule has 0 aromatic heterocycles. The van der Waals surface area contributed by atoms with E-state index in [9.17, 15) is 14.4 Å². The van der Waals surface area contributed by atoms with Gasteiger partial charge in [-0.25, -0.2) is 0 Å². The van der Waals surface area contributed by atoms with E-state index in [0.29, 0.717) is 6.42 Å². The lowest BCUT2D eigenvalue weighted by atomic mass is 9.49. The van der Waals surface area contributed by atoms with Crippen molar-refractivity contribution in [3.05, 3.63) is 0 Å². The lowest BCUT2D eigenvalue weighted by Gasteiger charge is -2.56. The number of hydrazine groups is 1. The third-order valence-electron chi connectivity index (χ3n) is 5.84. The molecule has 0 spiro atoms. The highest BCUT2D eigenvalue weighted by Gasteiger charge is 2.51. The van der Waals surface area contributed by atoms with Crippen molar-refractivity contribution in [3.63, 3.8) is 0 Å². The van der Waals surface area contributed by atoms with Crippen molar-refractivity contribution < 1.29 is 14.4 Å². The molecule has 3 amide bonds. The van der Waals surface area contributed by atoms with E-state index in [0.717, 1.165) is 17.8 Å². The molecule has 4 aliphatic carbocycles. The average Bonchev–Trinajstić information content (AvgIpc) is 2.41. The van der Waals surface area contributed by atoms with Crippen LogP contribution in [0.1, 0.15) is 58.8 Å². The van der Waals surface area contributed by atoms with Gasteiger partial charge < -0.3 is 5.32 Å². The summed E-state index contributed by atoms with van der Waals surface area (Å²) in [6.07, 6.45) is 8.07. The Morgan fingerprint density at radius 3 is 2.00 bits per heavy atom. The third kappa shape index (κ3) is 3.67. The monoisotopic (exact) mass is 321 g/mol. The van der Waals surface area contributed by atoms with Gasteiger partial charge in [-0.05, 0) is 68.6 Å². The van der Waals surface area contributed by atoms with Crippen LogP contribution in [0, 0.1) is 23.2 Å². The summed E-state index contributed by atoms with van der Waals surface area (Å²) in [6, 6.07) is -0.660. The third-order valence-corrected chi connectivity index (χ3v) is 5.84. The molecular formula is C17H27N3O3. The van der Waals surface area contributed by atoms with Crippen molar-refractivity contribution in [3.8, 4) is 0 Å². The van der Waals surface area contributed by atoms with Crippen LogP contribution in [0.5, 0.6) is 0 Å². The Kier molecular flexibility index (Phi) is 4.34. The van der Waals surface area contributed by atoms with Crippen LogP contribution in [0.15, 0.2) is 0 Å². The molecular weight excluding hydrogens is 294 g/mol. The van der Waals surface area contributed by atoms with Gasteiger partial charge in [0.25, 0.3) is 5.91 Å². The lowest BCUT2D eigenvalue weighted by molar-refractivity contribution is -0.135. The minimum Gasteiger partial charge on any atom is -0.345 e. The second-order valence-electron chi connectivity index (χ2n) is 8.05. The Labute approximate surface area is 137 Å². The highest BCUT2D eigenvalue weighted by atomic mass is 16.2. The fraction of sp³-hybridized carbons (Fsp3) is 0.824. The molecule has 0 aromatic carbocycles. The largest absolute Gasteiger partial charge is 0.345 e. The Bertz CT molecular complexity index is 482. The minimum atomic E-state index is -0.660. The van der Waals surface area contributed by atoms with E-state index in [1.807, 2.05) is 0 Å². The summed E-state index contributed by atoms with van der Waals surface area (Å²) in [5, 5.41) is 2.49. The molecule has 1 atom stereocenters. The van der Waals surface area contributed by atoms with E-state index in [2.05, 4.69) is 16.2 Å². The van der Waals surface area contributed by atoms with Gasteiger partial charge in [-0.3, -0.25) is 25.2 Å². The summed E-state index contributed by atoms with van der Waals surface area (Å²) in [7, 11) is 0. The second kappa shape index (κ2) is 6.13. The molecule has 0 radical (unpaired) electrons. The fourth-order valence-corrected chi connectivity index (χ4v) is 5.50. The van der Waals surface area contributed by atoms with E-state index in [-0.39, 0.29) is 17.2 Å². The summed E-state index contributed by atoms with van der Waals surface area (Å²) in [6.45, 7) is 2.94. The van der Waals surface area contributed by atoms with E-state index >= 15 is 0 Å². The molecule has 4 bridgehead atoms. The number of hydrogen-bond acceptors (Lipinski definition) is 3. The molecule has 4 saturated carbocycles. The zero-order chi connectivity index (χ0) is 16.6. The van der Waals surface area contributed by atoms with E-state index in [4.69, 9.17) is 0 Å². The molecule has 3 N–H and O–H groups in total. The molecule has 4 aliphatic rings. The second-order valence-corrected chi connectivity index (χ2v) is 8.05. The Hall–Kier alpha value is -1.59. The molecule has 4 rings (SSSR count). The highest BCUT2D eigenvalue weighted by molar-refractivity contribution is 5.88. The van der Waals surface area contributed by atoms with Crippen molar-refractivity contribution in [2.24, 2.45) is 23.2 Å². The number of amides is 3. The van der Waals surface area contributed by atoms with Crippen molar-refractivity contribution in [2.45, 2.75) is 64.8 Å². The Morgan fingerprint density at radius 2 is 1.52 bits per heavy atom. The first-order valence-electron chi connectivity index (χ1n) is 8.71. The Morgan fingerprint density at radius 1 is 1.00 bits per heavy atom. The van der Waals surface area contributed by atoms with E-state index in [1.165, 1.54) is 45.4 Å². The normalized spacial score (nSPS) is 35.5. The summed E-state index contributed by atoms with van der Waals surface area (Å²) in [5.41, 5.74) is 5.10. The summed E-state index contributed by atoms with van der Waals surface area (Å²) in [5.74, 6) is 1.64. The molecule has 23 heavy (non-hydrogen) atoms. The van der Waals surface area contributed by atoms with Crippen LogP contribution in [0.25, 0.3) is 0 Å². The molecule has 4 fully saturated rings. The van der Waals surface area contributed by atoms with Gasteiger partial charge in [-0.2, -0.15) is 0 Å².